The molecular formula is C20H21ClN2O8. The number of nitrogens with zero attached hydrogens (tertiary/aromatic N) is 1. The molecule has 0 heterocycles. The molecule has 0 saturated heterocycles. The maximum Gasteiger partial charge on any atom is 0.311 e. The van der Waals surface area contributed by atoms with E-state index in [0.717, 1.165) is 6.07 Å². The van der Waals surface area contributed by atoms with Gasteiger partial charge in [0.2, 0.25) is 5.75 Å². The Morgan fingerprint density at radius 3 is 2.19 bits per heavy atom. The average Bonchev–Trinajstić information content (AvgIpc) is 2.73. The van der Waals surface area contributed by atoms with Crippen molar-refractivity contribution in [3.63, 3.8) is 0 Å². The van der Waals surface area contributed by atoms with Gasteiger partial charge in [-0.3, -0.25) is 19.7 Å². The van der Waals surface area contributed by atoms with Crippen LogP contribution in [-0.2, 0) is 20.7 Å². The van der Waals surface area contributed by atoms with Crippen LogP contribution in [0.5, 0.6) is 17.2 Å². The number of methoxy groups -OCH3 is 3. The summed E-state index contributed by atoms with van der Waals surface area (Å²) in [5, 5.41) is 13.2. The summed E-state index contributed by atoms with van der Waals surface area (Å²) in [5.41, 5.74) is 0.475. The zero-order valence-corrected chi connectivity index (χ0v) is 18.0. The molecule has 2 aromatic rings. The number of nitrogens with one attached hydrogen (secondary N) is 1. The van der Waals surface area contributed by atoms with Crippen LogP contribution in [0.4, 0.5) is 11.4 Å². The van der Waals surface area contributed by atoms with Crippen molar-refractivity contribution < 1.29 is 33.5 Å². The highest BCUT2D eigenvalue weighted by Crippen LogP contribution is 2.38. The second-order valence-corrected chi connectivity index (χ2v) is 6.66. The molecule has 0 saturated carbocycles. The van der Waals surface area contributed by atoms with Crippen LogP contribution in [0, 0.1) is 10.1 Å². The van der Waals surface area contributed by atoms with E-state index in [1.807, 2.05) is 0 Å². The van der Waals surface area contributed by atoms with Crippen LogP contribution < -0.4 is 19.5 Å². The predicted molar refractivity (Wildman–Crippen MR) is 112 cm³/mol. The number of halogens is 1. The van der Waals surface area contributed by atoms with Crippen LogP contribution in [0.15, 0.2) is 30.3 Å². The van der Waals surface area contributed by atoms with Crippen molar-refractivity contribution >= 4 is 34.9 Å². The largest absolute Gasteiger partial charge is 0.493 e. The van der Waals surface area contributed by atoms with Crippen molar-refractivity contribution in [2.24, 2.45) is 0 Å². The third-order valence-corrected chi connectivity index (χ3v) is 4.48. The normalized spacial score (nSPS) is 11.3. The molecule has 0 fully saturated rings. The molecular weight excluding hydrogens is 432 g/mol. The van der Waals surface area contributed by atoms with Crippen molar-refractivity contribution in [3.8, 4) is 17.2 Å². The molecule has 0 spiro atoms. The summed E-state index contributed by atoms with van der Waals surface area (Å²) in [7, 11) is 4.37. The van der Waals surface area contributed by atoms with Gasteiger partial charge in [0.05, 0.1) is 43.4 Å². The SMILES string of the molecule is COc1cc(CC(=O)O[C@H](C)C(=O)Nc2ccc([N+](=O)[O-])cc2Cl)cc(OC)c1OC. The highest BCUT2D eigenvalue weighted by Gasteiger charge is 2.21. The molecule has 11 heteroatoms. The molecule has 2 rings (SSSR count). The van der Waals surface area contributed by atoms with Crippen LogP contribution in [0.2, 0.25) is 5.02 Å². The van der Waals surface area contributed by atoms with E-state index in [9.17, 15) is 19.7 Å². The van der Waals surface area contributed by atoms with E-state index in [1.54, 1.807) is 12.1 Å². The summed E-state index contributed by atoms with van der Waals surface area (Å²) >= 11 is 5.96. The first-order chi connectivity index (χ1) is 14.7. The second-order valence-electron chi connectivity index (χ2n) is 6.25. The molecule has 2 aromatic carbocycles. The van der Waals surface area contributed by atoms with E-state index >= 15 is 0 Å². The fraction of sp³-hybridized carbons (Fsp3) is 0.300. The topological polar surface area (TPSA) is 126 Å². The summed E-state index contributed by atoms with van der Waals surface area (Å²) in [6.45, 7) is 1.39. The van der Waals surface area contributed by atoms with E-state index in [1.165, 1.54) is 40.4 Å². The zero-order valence-electron chi connectivity index (χ0n) is 17.3. The van der Waals surface area contributed by atoms with Gasteiger partial charge >= 0.3 is 5.97 Å². The second kappa shape index (κ2) is 10.5. The number of amides is 1. The number of nitro groups is 1. The number of nitro benzene ring substituents is 1. The number of carbonyl (C=O) groups excluding carboxylic acids is 2. The number of carbonyl (C=O) groups is 2. The highest BCUT2D eigenvalue weighted by atomic mass is 35.5. The number of hydrogen-bond donors (Lipinski definition) is 1. The molecule has 0 aliphatic carbocycles. The molecule has 0 aliphatic rings. The van der Waals surface area contributed by atoms with Crippen molar-refractivity contribution in [2.45, 2.75) is 19.4 Å². The lowest BCUT2D eigenvalue weighted by Crippen LogP contribution is -2.30. The van der Waals surface area contributed by atoms with E-state index < -0.39 is 22.9 Å². The molecule has 0 aliphatic heterocycles. The number of esters is 1. The quantitative estimate of drug-likeness (QED) is 0.348. The van der Waals surface area contributed by atoms with Crippen molar-refractivity contribution in [1.29, 1.82) is 0 Å². The highest BCUT2D eigenvalue weighted by molar-refractivity contribution is 6.34. The number of ether oxygens (including phenoxy) is 4. The molecule has 1 N–H and O–H groups in total. The van der Waals surface area contributed by atoms with Crippen LogP contribution >= 0.6 is 11.6 Å². The maximum absolute atomic E-state index is 12.3. The Morgan fingerprint density at radius 1 is 1.10 bits per heavy atom. The lowest BCUT2D eigenvalue weighted by atomic mass is 10.1. The third-order valence-electron chi connectivity index (χ3n) is 4.17. The van der Waals surface area contributed by atoms with Gasteiger partial charge in [-0.2, -0.15) is 0 Å². The molecule has 31 heavy (non-hydrogen) atoms. The Morgan fingerprint density at radius 2 is 1.71 bits per heavy atom. The molecule has 0 aromatic heterocycles. The molecule has 10 nitrogen and oxygen atoms in total. The van der Waals surface area contributed by atoms with E-state index in [0.29, 0.717) is 22.8 Å². The molecule has 0 radical (unpaired) electrons. The Bertz CT molecular complexity index is 970. The first-order valence-electron chi connectivity index (χ1n) is 8.93. The van der Waals surface area contributed by atoms with Crippen LogP contribution in [0.25, 0.3) is 0 Å². The van der Waals surface area contributed by atoms with Crippen molar-refractivity contribution in [3.05, 3.63) is 51.0 Å². The lowest BCUT2D eigenvalue weighted by molar-refractivity contribution is -0.384. The number of rotatable bonds is 9. The lowest BCUT2D eigenvalue weighted by Gasteiger charge is -2.16. The summed E-state index contributed by atoms with van der Waals surface area (Å²) in [5.74, 6) is -0.165. The monoisotopic (exact) mass is 452 g/mol. The van der Waals surface area contributed by atoms with Gasteiger partial charge in [0, 0.05) is 12.1 Å². The van der Waals surface area contributed by atoms with Gasteiger partial charge in [-0.05, 0) is 30.7 Å². The molecule has 1 amide bonds. The molecule has 1 atom stereocenters. The first-order valence-corrected chi connectivity index (χ1v) is 9.31. The molecule has 0 bridgehead atoms. The smallest absolute Gasteiger partial charge is 0.311 e. The van der Waals surface area contributed by atoms with Gasteiger partial charge in [0.1, 0.15) is 0 Å². The van der Waals surface area contributed by atoms with E-state index in [2.05, 4.69) is 5.32 Å². The van der Waals surface area contributed by atoms with Crippen molar-refractivity contribution in [2.75, 3.05) is 26.6 Å². The molecule has 0 unspecified atom stereocenters. The number of non-ortho nitro benzene ring substituents is 1. The minimum absolute atomic E-state index is 0.0153. The van der Waals surface area contributed by atoms with Gasteiger partial charge in [0.15, 0.2) is 17.6 Å². The summed E-state index contributed by atoms with van der Waals surface area (Å²) in [4.78, 5) is 34.8. The van der Waals surface area contributed by atoms with Crippen LogP contribution in [0.1, 0.15) is 12.5 Å². The van der Waals surface area contributed by atoms with E-state index in [-0.39, 0.29) is 22.8 Å². The summed E-state index contributed by atoms with van der Waals surface area (Å²) < 4.78 is 20.9. The number of anilines is 1. The standard InChI is InChI=1S/C20H21ClN2O8/c1-11(20(25)22-15-6-5-13(23(26)27)10-14(15)21)31-18(24)9-12-7-16(28-2)19(30-4)17(8-12)29-3/h5-8,10-11H,9H2,1-4H3,(H,22,25)/t11-/m1/s1. The molecule has 166 valence electrons. The summed E-state index contributed by atoms with van der Waals surface area (Å²) in [6, 6.07) is 6.80. The Kier molecular flexibility index (Phi) is 8.03. The third kappa shape index (κ3) is 5.98. The number of hydrogen-bond acceptors (Lipinski definition) is 8. The van der Waals surface area contributed by atoms with Gasteiger partial charge in [-0.15, -0.1) is 0 Å². The first kappa shape index (κ1) is 23.7. The average molecular weight is 453 g/mol. The predicted octanol–water partition coefficient (Wildman–Crippen LogP) is 3.39. The minimum atomic E-state index is -1.14. The Balaban J connectivity index is 2.04. The van der Waals surface area contributed by atoms with Gasteiger partial charge in [0.25, 0.3) is 11.6 Å². The Labute approximate surface area is 183 Å². The minimum Gasteiger partial charge on any atom is -0.493 e. The fourth-order valence-corrected chi connectivity index (χ4v) is 2.87. The van der Waals surface area contributed by atoms with Gasteiger partial charge < -0.3 is 24.3 Å². The summed E-state index contributed by atoms with van der Waals surface area (Å²) in [6.07, 6.45) is -1.28. The van der Waals surface area contributed by atoms with Crippen LogP contribution in [0.3, 0.4) is 0 Å². The van der Waals surface area contributed by atoms with E-state index in [4.69, 9.17) is 30.5 Å². The van der Waals surface area contributed by atoms with Crippen molar-refractivity contribution in [1.82, 2.24) is 0 Å². The zero-order chi connectivity index (χ0) is 23.1. The number of benzene rings is 2. The fourth-order valence-electron chi connectivity index (χ4n) is 2.65. The van der Waals surface area contributed by atoms with Gasteiger partial charge in [-0.25, -0.2) is 0 Å². The maximum atomic E-state index is 12.3. The van der Waals surface area contributed by atoms with Crippen LogP contribution in [-0.4, -0.2) is 44.2 Å². The van der Waals surface area contributed by atoms with Gasteiger partial charge in [-0.1, -0.05) is 11.6 Å². The Hall–Kier alpha value is -3.53.